The van der Waals surface area contributed by atoms with Gasteiger partial charge < -0.3 is 16.5 Å². The van der Waals surface area contributed by atoms with Gasteiger partial charge in [-0.3, -0.25) is 5.10 Å². The molecule has 1 aromatic carbocycles. The standard InChI is InChI=1S/C16H16N6/c17-5-3-10-8-12-15(20-10)11-2-1-9(13-4-6-19-22-13)7-14(11)21-16(12)18/h1-2,4,6-8,20H,3,5,17H2,(H2,18,21)(H,19,22). The molecule has 22 heavy (non-hydrogen) atoms. The van der Waals surface area contributed by atoms with Crippen LogP contribution < -0.4 is 11.5 Å². The number of fused-ring (bicyclic) bond motifs is 3. The number of anilines is 1. The van der Waals surface area contributed by atoms with Crippen LogP contribution in [0.15, 0.2) is 36.5 Å². The SMILES string of the molecule is NCCc1cc2c(N)nc3cc(-c4ccn[nH]4)ccc3c2[nH]1. The number of nitrogens with zero attached hydrogens (tertiary/aromatic N) is 2. The highest BCUT2D eigenvalue weighted by molar-refractivity contribution is 6.08. The largest absolute Gasteiger partial charge is 0.383 e. The molecule has 0 fully saturated rings. The van der Waals surface area contributed by atoms with E-state index in [2.05, 4.69) is 32.3 Å². The summed E-state index contributed by atoms with van der Waals surface area (Å²) in [6, 6.07) is 10.1. The van der Waals surface area contributed by atoms with Crippen molar-refractivity contribution in [3.8, 4) is 11.3 Å². The van der Waals surface area contributed by atoms with Crippen LogP contribution in [0.5, 0.6) is 0 Å². The first-order valence-corrected chi connectivity index (χ1v) is 7.17. The Morgan fingerprint density at radius 2 is 2.00 bits per heavy atom. The summed E-state index contributed by atoms with van der Waals surface area (Å²) in [7, 11) is 0. The lowest BCUT2D eigenvalue weighted by atomic mass is 10.1. The lowest BCUT2D eigenvalue weighted by Gasteiger charge is -2.04. The van der Waals surface area contributed by atoms with Crippen molar-refractivity contribution in [2.75, 3.05) is 12.3 Å². The number of aromatic amines is 2. The van der Waals surface area contributed by atoms with Gasteiger partial charge >= 0.3 is 0 Å². The van der Waals surface area contributed by atoms with E-state index in [1.807, 2.05) is 18.2 Å². The Labute approximate surface area is 126 Å². The number of nitrogens with one attached hydrogen (secondary N) is 2. The van der Waals surface area contributed by atoms with Gasteiger partial charge in [0.15, 0.2) is 0 Å². The topological polar surface area (TPSA) is 109 Å². The highest BCUT2D eigenvalue weighted by atomic mass is 15.1. The zero-order chi connectivity index (χ0) is 15.1. The van der Waals surface area contributed by atoms with E-state index >= 15 is 0 Å². The molecule has 0 spiro atoms. The average Bonchev–Trinajstić information content (AvgIpc) is 3.17. The molecule has 0 saturated carbocycles. The Kier molecular flexibility index (Phi) is 2.83. The van der Waals surface area contributed by atoms with Crippen LogP contribution in [-0.2, 0) is 6.42 Å². The van der Waals surface area contributed by atoms with Gasteiger partial charge in [-0.15, -0.1) is 0 Å². The summed E-state index contributed by atoms with van der Waals surface area (Å²) in [5.74, 6) is 0.531. The summed E-state index contributed by atoms with van der Waals surface area (Å²) in [6.45, 7) is 0.599. The highest BCUT2D eigenvalue weighted by Crippen LogP contribution is 2.30. The molecule has 4 aromatic rings. The van der Waals surface area contributed by atoms with Gasteiger partial charge in [0.05, 0.1) is 16.7 Å². The maximum atomic E-state index is 6.12. The summed E-state index contributed by atoms with van der Waals surface area (Å²) in [4.78, 5) is 7.95. The van der Waals surface area contributed by atoms with E-state index in [0.29, 0.717) is 12.4 Å². The molecule has 6 N–H and O–H groups in total. The van der Waals surface area contributed by atoms with Gasteiger partial charge in [0.25, 0.3) is 0 Å². The van der Waals surface area contributed by atoms with Gasteiger partial charge in [0.1, 0.15) is 5.82 Å². The summed E-state index contributed by atoms with van der Waals surface area (Å²) in [5.41, 5.74) is 16.7. The number of rotatable bonds is 3. The summed E-state index contributed by atoms with van der Waals surface area (Å²) >= 11 is 0. The Morgan fingerprint density at radius 1 is 1.09 bits per heavy atom. The van der Waals surface area contributed by atoms with Crippen LogP contribution in [0.3, 0.4) is 0 Å². The summed E-state index contributed by atoms with van der Waals surface area (Å²) in [6.07, 6.45) is 2.52. The normalized spacial score (nSPS) is 11.5. The van der Waals surface area contributed by atoms with Gasteiger partial charge in [-0.05, 0) is 31.2 Å². The highest BCUT2D eigenvalue weighted by Gasteiger charge is 2.11. The van der Waals surface area contributed by atoms with Crippen molar-refractivity contribution in [1.82, 2.24) is 20.2 Å². The molecule has 0 bridgehead atoms. The van der Waals surface area contributed by atoms with Crippen LogP contribution in [0.4, 0.5) is 5.82 Å². The fraction of sp³-hybridized carbons (Fsp3) is 0.125. The van der Waals surface area contributed by atoms with Crippen molar-refractivity contribution < 1.29 is 0 Å². The molecular formula is C16H16N6. The van der Waals surface area contributed by atoms with E-state index in [1.54, 1.807) is 6.20 Å². The number of H-pyrrole nitrogens is 2. The lowest BCUT2D eigenvalue weighted by molar-refractivity contribution is 0.940. The van der Waals surface area contributed by atoms with Crippen molar-refractivity contribution >= 4 is 27.6 Å². The zero-order valence-corrected chi connectivity index (χ0v) is 11.9. The van der Waals surface area contributed by atoms with Crippen molar-refractivity contribution in [3.63, 3.8) is 0 Å². The second kappa shape index (κ2) is 4.85. The molecule has 4 rings (SSSR count). The molecule has 0 aliphatic heterocycles. The van der Waals surface area contributed by atoms with E-state index in [4.69, 9.17) is 11.5 Å². The van der Waals surface area contributed by atoms with Crippen molar-refractivity contribution in [1.29, 1.82) is 0 Å². The Balaban J connectivity index is 1.96. The minimum atomic E-state index is 0.531. The van der Waals surface area contributed by atoms with Crippen LogP contribution >= 0.6 is 0 Å². The van der Waals surface area contributed by atoms with Gasteiger partial charge in [-0.25, -0.2) is 4.98 Å². The minimum absolute atomic E-state index is 0.531. The molecule has 0 radical (unpaired) electrons. The molecule has 110 valence electrons. The fourth-order valence-corrected chi connectivity index (χ4v) is 2.82. The van der Waals surface area contributed by atoms with Crippen LogP contribution in [0, 0.1) is 0 Å². The van der Waals surface area contributed by atoms with Crippen molar-refractivity contribution in [2.24, 2.45) is 5.73 Å². The minimum Gasteiger partial charge on any atom is -0.383 e. The van der Waals surface area contributed by atoms with Crippen LogP contribution in [0.1, 0.15) is 5.69 Å². The number of aromatic nitrogens is 4. The monoisotopic (exact) mass is 292 g/mol. The Morgan fingerprint density at radius 3 is 2.77 bits per heavy atom. The number of pyridine rings is 1. The molecule has 0 saturated heterocycles. The van der Waals surface area contributed by atoms with Crippen LogP contribution in [-0.4, -0.2) is 26.7 Å². The first-order chi connectivity index (χ1) is 10.8. The second-order valence-electron chi connectivity index (χ2n) is 5.32. The number of hydrogen-bond donors (Lipinski definition) is 4. The molecule has 0 aliphatic carbocycles. The van der Waals surface area contributed by atoms with E-state index < -0.39 is 0 Å². The second-order valence-corrected chi connectivity index (χ2v) is 5.32. The molecule has 0 atom stereocenters. The number of nitrogens with two attached hydrogens (primary N) is 2. The maximum absolute atomic E-state index is 6.12. The summed E-state index contributed by atoms with van der Waals surface area (Å²) in [5, 5.41) is 8.94. The lowest BCUT2D eigenvalue weighted by Crippen LogP contribution is -2.02. The molecule has 3 aromatic heterocycles. The zero-order valence-electron chi connectivity index (χ0n) is 11.9. The predicted octanol–water partition coefficient (Wildman–Crippen LogP) is 2.19. The first-order valence-electron chi connectivity index (χ1n) is 7.17. The molecule has 6 heteroatoms. The molecular weight excluding hydrogens is 276 g/mol. The third-order valence-corrected chi connectivity index (χ3v) is 3.88. The molecule has 0 aliphatic rings. The van der Waals surface area contributed by atoms with Gasteiger partial charge in [-0.1, -0.05) is 12.1 Å². The predicted molar refractivity (Wildman–Crippen MR) is 88.4 cm³/mol. The van der Waals surface area contributed by atoms with Crippen molar-refractivity contribution in [3.05, 3.63) is 42.2 Å². The smallest absolute Gasteiger partial charge is 0.133 e. The molecule has 0 unspecified atom stereocenters. The molecule has 3 heterocycles. The molecule has 0 amide bonds. The third kappa shape index (κ3) is 1.93. The van der Waals surface area contributed by atoms with Crippen LogP contribution in [0.25, 0.3) is 33.1 Å². The number of benzene rings is 1. The average molecular weight is 292 g/mol. The maximum Gasteiger partial charge on any atom is 0.133 e. The quantitative estimate of drug-likeness (QED) is 0.464. The van der Waals surface area contributed by atoms with E-state index in [9.17, 15) is 0 Å². The van der Waals surface area contributed by atoms with Gasteiger partial charge in [0, 0.05) is 28.2 Å². The summed E-state index contributed by atoms with van der Waals surface area (Å²) < 4.78 is 0. The van der Waals surface area contributed by atoms with Crippen LogP contribution in [0.2, 0.25) is 0 Å². The number of hydrogen-bond acceptors (Lipinski definition) is 4. The van der Waals surface area contributed by atoms with Crippen molar-refractivity contribution in [2.45, 2.75) is 6.42 Å². The van der Waals surface area contributed by atoms with Gasteiger partial charge in [0.2, 0.25) is 0 Å². The third-order valence-electron chi connectivity index (χ3n) is 3.88. The molecule has 6 nitrogen and oxygen atoms in total. The van der Waals surface area contributed by atoms with E-state index in [1.165, 1.54) is 0 Å². The fourth-order valence-electron chi connectivity index (χ4n) is 2.82. The van der Waals surface area contributed by atoms with E-state index in [-0.39, 0.29) is 0 Å². The van der Waals surface area contributed by atoms with Gasteiger partial charge in [-0.2, -0.15) is 5.10 Å². The number of nitrogen functional groups attached to an aromatic ring is 1. The Hall–Kier alpha value is -2.86. The van der Waals surface area contributed by atoms with E-state index in [0.717, 1.165) is 45.2 Å². The first kappa shape index (κ1) is 12.8. The Bertz CT molecular complexity index is 952.